The highest BCUT2D eigenvalue weighted by Gasteiger charge is 2.09. The minimum Gasteiger partial charge on any atom is -0.462 e. The van der Waals surface area contributed by atoms with E-state index in [0.717, 1.165) is 10.9 Å². The number of esters is 1. The summed E-state index contributed by atoms with van der Waals surface area (Å²) in [5.41, 5.74) is 2.76. The normalized spacial score (nSPS) is 11.1. The zero-order valence-corrected chi connectivity index (χ0v) is 10.4. The quantitative estimate of drug-likeness (QED) is 0.822. The second-order valence-corrected chi connectivity index (χ2v) is 4.40. The van der Waals surface area contributed by atoms with Gasteiger partial charge in [0.25, 0.3) is 0 Å². The van der Waals surface area contributed by atoms with E-state index in [2.05, 4.69) is 24.9 Å². The van der Waals surface area contributed by atoms with Crippen molar-refractivity contribution in [3.63, 3.8) is 0 Å². The fourth-order valence-corrected chi connectivity index (χ4v) is 1.80. The number of carbonyl (C=O) groups excluding carboxylic acids is 1. The predicted octanol–water partition coefficient (Wildman–Crippen LogP) is 3.47. The number of ether oxygens (including phenoxy) is 1. The predicted molar refractivity (Wildman–Crippen MR) is 68.3 cm³/mol. The molecule has 0 amide bonds. The van der Waals surface area contributed by atoms with Gasteiger partial charge in [-0.05, 0) is 36.4 Å². The molecule has 0 aliphatic heterocycles. The third kappa shape index (κ3) is 2.33. The van der Waals surface area contributed by atoms with Crippen LogP contribution in [0.2, 0.25) is 0 Å². The van der Waals surface area contributed by atoms with Crippen LogP contribution in [0.5, 0.6) is 0 Å². The average Bonchev–Trinajstić information content (AvgIpc) is 2.71. The molecule has 0 fully saturated rings. The number of rotatable bonds is 3. The maximum atomic E-state index is 11.6. The lowest BCUT2D eigenvalue weighted by molar-refractivity contribution is 0.0526. The first-order valence-corrected chi connectivity index (χ1v) is 5.91. The molecule has 0 saturated heterocycles. The number of hydrogen-bond acceptors (Lipinski definition) is 2. The van der Waals surface area contributed by atoms with E-state index in [4.69, 9.17) is 4.74 Å². The van der Waals surface area contributed by atoms with Gasteiger partial charge in [-0.1, -0.05) is 19.9 Å². The molecule has 1 heterocycles. The summed E-state index contributed by atoms with van der Waals surface area (Å²) in [6, 6.07) is 7.72. The molecule has 2 rings (SSSR count). The van der Waals surface area contributed by atoms with Crippen LogP contribution in [0, 0.1) is 0 Å². The number of hydrogen-bond donors (Lipinski definition) is 1. The molecule has 0 saturated carbocycles. The molecule has 0 radical (unpaired) electrons. The summed E-state index contributed by atoms with van der Waals surface area (Å²) in [6.45, 7) is 6.48. The second-order valence-electron chi connectivity index (χ2n) is 4.40. The lowest BCUT2D eigenvalue weighted by Gasteiger charge is -2.01. The second kappa shape index (κ2) is 4.62. The minimum atomic E-state index is -0.268. The third-order valence-electron chi connectivity index (χ3n) is 2.78. The van der Waals surface area contributed by atoms with Crippen LogP contribution in [0.3, 0.4) is 0 Å². The van der Waals surface area contributed by atoms with Crippen LogP contribution < -0.4 is 0 Å². The van der Waals surface area contributed by atoms with E-state index in [0.29, 0.717) is 18.1 Å². The van der Waals surface area contributed by atoms with Crippen LogP contribution >= 0.6 is 0 Å². The zero-order chi connectivity index (χ0) is 12.4. The van der Waals surface area contributed by atoms with Crippen molar-refractivity contribution in [2.24, 2.45) is 0 Å². The fraction of sp³-hybridized carbons (Fsp3) is 0.357. The Morgan fingerprint density at radius 1 is 1.35 bits per heavy atom. The Balaban J connectivity index is 2.40. The first-order chi connectivity index (χ1) is 8.11. The molecule has 1 N–H and O–H groups in total. The lowest BCUT2D eigenvalue weighted by atomic mass is 10.1. The van der Waals surface area contributed by atoms with Gasteiger partial charge in [-0.2, -0.15) is 0 Å². The van der Waals surface area contributed by atoms with E-state index < -0.39 is 0 Å². The Morgan fingerprint density at radius 3 is 2.76 bits per heavy atom. The van der Waals surface area contributed by atoms with Gasteiger partial charge in [0.1, 0.15) is 0 Å². The number of H-pyrrole nitrogens is 1. The Bertz CT molecular complexity index is 540. The highest BCUT2D eigenvalue weighted by atomic mass is 16.5. The maximum Gasteiger partial charge on any atom is 0.338 e. The zero-order valence-electron chi connectivity index (χ0n) is 10.4. The van der Waals surface area contributed by atoms with Gasteiger partial charge >= 0.3 is 5.97 Å². The van der Waals surface area contributed by atoms with Crippen molar-refractivity contribution in [2.75, 3.05) is 6.61 Å². The molecule has 2 aromatic rings. The highest BCUT2D eigenvalue weighted by Crippen LogP contribution is 2.22. The fourth-order valence-electron chi connectivity index (χ4n) is 1.80. The minimum absolute atomic E-state index is 0.268. The number of fused-ring (bicyclic) bond motifs is 1. The Morgan fingerprint density at radius 2 is 2.12 bits per heavy atom. The lowest BCUT2D eigenvalue weighted by Crippen LogP contribution is -2.03. The Hall–Kier alpha value is -1.77. The average molecular weight is 231 g/mol. The molecule has 0 bridgehead atoms. The summed E-state index contributed by atoms with van der Waals surface area (Å²) in [4.78, 5) is 14.9. The summed E-state index contributed by atoms with van der Waals surface area (Å²) in [7, 11) is 0. The van der Waals surface area contributed by atoms with Crippen molar-refractivity contribution in [1.82, 2.24) is 4.98 Å². The Labute approximate surface area is 101 Å². The van der Waals surface area contributed by atoms with Gasteiger partial charge in [-0.15, -0.1) is 0 Å². The largest absolute Gasteiger partial charge is 0.462 e. The number of benzene rings is 1. The number of aromatic amines is 1. The van der Waals surface area contributed by atoms with Crippen LogP contribution in [-0.4, -0.2) is 17.6 Å². The summed E-state index contributed by atoms with van der Waals surface area (Å²) in [5, 5.41) is 1.13. The first-order valence-electron chi connectivity index (χ1n) is 5.91. The van der Waals surface area contributed by atoms with Crippen LogP contribution in [0.25, 0.3) is 10.9 Å². The molecule has 3 nitrogen and oxygen atoms in total. The van der Waals surface area contributed by atoms with Gasteiger partial charge < -0.3 is 9.72 Å². The van der Waals surface area contributed by atoms with E-state index in [-0.39, 0.29) is 5.97 Å². The summed E-state index contributed by atoms with van der Waals surface area (Å²) in [6.07, 6.45) is 0. The maximum absolute atomic E-state index is 11.6. The number of nitrogens with one attached hydrogen (secondary N) is 1. The third-order valence-corrected chi connectivity index (χ3v) is 2.78. The van der Waals surface area contributed by atoms with Gasteiger partial charge in [-0.3, -0.25) is 0 Å². The van der Waals surface area contributed by atoms with Crippen LogP contribution in [-0.2, 0) is 4.74 Å². The monoisotopic (exact) mass is 231 g/mol. The number of aromatic nitrogens is 1. The van der Waals surface area contributed by atoms with Crippen LogP contribution in [0.4, 0.5) is 0 Å². The molecule has 90 valence electrons. The van der Waals surface area contributed by atoms with Crippen LogP contribution in [0.15, 0.2) is 24.3 Å². The molecule has 1 aromatic carbocycles. The van der Waals surface area contributed by atoms with E-state index in [1.165, 1.54) is 5.69 Å². The first kappa shape index (κ1) is 11.7. The standard InChI is InChI=1S/C14H17NO2/c1-4-17-14(16)11-6-5-10-7-12(9(2)3)15-13(10)8-11/h5-9,15H,4H2,1-3H3. The van der Waals surface area contributed by atoms with Crippen molar-refractivity contribution in [3.05, 3.63) is 35.5 Å². The number of carbonyl (C=O) groups is 1. The smallest absolute Gasteiger partial charge is 0.338 e. The summed E-state index contributed by atoms with van der Waals surface area (Å²) in [5.74, 6) is 0.184. The van der Waals surface area contributed by atoms with Crippen LogP contribution in [0.1, 0.15) is 42.7 Å². The molecule has 0 unspecified atom stereocenters. The Kier molecular flexibility index (Phi) is 3.18. The molecule has 17 heavy (non-hydrogen) atoms. The molecule has 1 aromatic heterocycles. The topological polar surface area (TPSA) is 42.1 Å². The molecule has 3 heteroatoms. The molecular weight excluding hydrogens is 214 g/mol. The van der Waals surface area contributed by atoms with Gasteiger partial charge in [0.05, 0.1) is 12.2 Å². The van der Waals surface area contributed by atoms with E-state index in [9.17, 15) is 4.79 Å². The summed E-state index contributed by atoms with van der Waals surface area (Å²) >= 11 is 0. The molecule has 0 aliphatic carbocycles. The van der Waals surface area contributed by atoms with Gasteiger partial charge in [0.2, 0.25) is 0 Å². The van der Waals surface area contributed by atoms with E-state index in [1.54, 1.807) is 6.07 Å². The SMILES string of the molecule is CCOC(=O)c1ccc2cc(C(C)C)[nH]c2c1. The van der Waals surface area contributed by atoms with Gasteiger partial charge in [0, 0.05) is 11.2 Å². The van der Waals surface area contributed by atoms with Crippen molar-refractivity contribution in [3.8, 4) is 0 Å². The molecular formula is C14H17NO2. The highest BCUT2D eigenvalue weighted by molar-refractivity contribution is 5.94. The molecule has 0 atom stereocenters. The van der Waals surface area contributed by atoms with E-state index >= 15 is 0 Å². The van der Waals surface area contributed by atoms with Crippen molar-refractivity contribution < 1.29 is 9.53 Å². The summed E-state index contributed by atoms with van der Waals surface area (Å²) < 4.78 is 4.98. The van der Waals surface area contributed by atoms with Crippen molar-refractivity contribution in [2.45, 2.75) is 26.7 Å². The molecule has 0 spiro atoms. The van der Waals surface area contributed by atoms with E-state index in [1.807, 2.05) is 19.1 Å². The molecule has 0 aliphatic rings. The van der Waals surface area contributed by atoms with Crippen molar-refractivity contribution >= 4 is 16.9 Å². The van der Waals surface area contributed by atoms with Crippen molar-refractivity contribution in [1.29, 1.82) is 0 Å². The van der Waals surface area contributed by atoms with Gasteiger partial charge in [-0.25, -0.2) is 4.79 Å². The van der Waals surface area contributed by atoms with Gasteiger partial charge in [0.15, 0.2) is 0 Å².